The van der Waals surface area contributed by atoms with E-state index in [4.69, 9.17) is 0 Å². The molecule has 0 aromatic heterocycles. The maximum Gasteiger partial charge on any atom is 0.405 e. The summed E-state index contributed by atoms with van der Waals surface area (Å²) >= 11 is 0. The molecule has 1 atom stereocenters. The van der Waals surface area contributed by atoms with E-state index in [1.807, 2.05) is 0 Å². The molecule has 1 aliphatic heterocycles. The number of nitrogens with zero attached hydrogens (tertiary/aromatic N) is 1. The molecule has 0 saturated heterocycles. The van der Waals surface area contributed by atoms with E-state index in [0.717, 1.165) is 4.90 Å². The number of rotatable bonds is 4. The fourth-order valence-corrected chi connectivity index (χ4v) is 2.88. The van der Waals surface area contributed by atoms with E-state index in [9.17, 15) is 27.6 Å². The normalized spacial score (nSPS) is 16.8. The zero-order chi connectivity index (χ0) is 20.3. The van der Waals surface area contributed by atoms with Crippen LogP contribution in [0.2, 0.25) is 0 Å². The van der Waals surface area contributed by atoms with Gasteiger partial charge < -0.3 is 15.5 Å². The highest BCUT2D eigenvalue weighted by Gasteiger charge is 2.41. The molecule has 146 valence electrons. The van der Waals surface area contributed by atoms with Crippen molar-refractivity contribution in [2.75, 3.05) is 11.9 Å². The van der Waals surface area contributed by atoms with Crippen LogP contribution in [0, 0.1) is 0 Å². The van der Waals surface area contributed by atoms with Crippen molar-refractivity contribution >= 4 is 23.4 Å². The number of amides is 3. The SMILES string of the molecule is O=C(NCC(F)(F)F)C1C(=O)Nc2ccccc2C(=O)N1Cc1ccccc1. The molecule has 0 saturated carbocycles. The predicted octanol–water partition coefficient (Wildman–Crippen LogP) is 2.33. The van der Waals surface area contributed by atoms with Crippen LogP contribution < -0.4 is 10.6 Å². The van der Waals surface area contributed by atoms with Gasteiger partial charge in [0, 0.05) is 6.54 Å². The molecular formula is C19H16F3N3O3. The van der Waals surface area contributed by atoms with Crippen LogP contribution in [-0.2, 0) is 16.1 Å². The van der Waals surface area contributed by atoms with Crippen molar-refractivity contribution in [1.82, 2.24) is 10.2 Å². The van der Waals surface area contributed by atoms with Crippen LogP contribution >= 0.6 is 0 Å². The van der Waals surface area contributed by atoms with E-state index >= 15 is 0 Å². The van der Waals surface area contributed by atoms with Gasteiger partial charge in [0.25, 0.3) is 17.7 Å². The van der Waals surface area contributed by atoms with Crippen molar-refractivity contribution in [3.63, 3.8) is 0 Å². The monoisotopic (exact) mass is 391 g/mol. The summed E-state index contributed by atoms with van der Waals surface area (Å²) in [6.45, 7) is -1.72. The Balaban J connectivity index is 1.97. The van der Waals surface area contributed by atoms with Gasteiger partial charge in [-0.3, -0.25) is 14.4 Å². The summed E-state index contributed by atoms with van der Waals surface area (Å²) in [5, 5.41) is 4.15. The van der Waals surface area contributed by atoms with Gasteiger partial charge in [-0.2, -0.15) is 13.2 Å². The van der Waals surface area contributed by atoms with Crippen LogP contribution in [0.25, 0.3) is 0 Å². The number of hydrogen-bond donors (Lipinski definition) is 2. The highest BCUT2D eigenvalue weighted by molar-refractivity contribution is 6.17. The van der Waals surface area contributed by atoms with Crippen molar-refractivity contribution in [2.45, 2.75) is 18.8 Å². The largest absolute Gasteiger partial charge is 0.405 e. The zero-order valence-corrected chi connectivity index (χ0v) is 14.5. The Morgan fingerprint density at radius 3 is 2.36 bits per heavy atom. The second-order valence-electron chi connectivity index (χ2n) is 6.19. The first kappa shape index (κ1) is 19.4. The van der Waals surface area contributed by atoms with Gasteiger partial charge in [0.15, 0.2) is 6.04 Å². The lowest BCUT2D eigenvalue weighted by Crippen LogP contribution is -2.55. The van der Waals surface area contributed by atoms with Gasteiger partial charge in [-0.15, -0.1) is 0 Å². The number of carbonyl (C=O) groups is 3. The Kier molecular flexibility index (Phi) is 5.34. The summed E-state index contributed by atoms with van der Waals surface area (Å²) in [7, 11) is 0. The summed E-state index contributed by atoms with van der Waals surface area (Å²) in [6.07, 6.45) is -4.64. The van der Waals surface area contributed by atoms with Crippen molar-refractivity contribution in [3.05, 3.63) is 65.7 Å². The summed E-state index contributed by atoms with van der Waals surface area (Å²) < 4.78 is 37.5. The number of nitrogens with one attached hydrogen (secondary N) is 2. The van der Waals surface area contributed by atoms with Crippen LogP contribution in [0.3, 0.4) is 0 Å². The van der Waals surface area contributed by atoms with Gasteiger partial charge in [0.2, 0.25) is 0 Å². The topological polar surface area (TPSA) is 78.5 Å². The molecule has 1 heterocycles. The molecule has 3 rings (SSSR count). The van der Waals surface area contributed by atoms with E-state index in [1.54, 1.807) is 47.8 Å². The predicted molar refractivity (Wildman–Crippen MR) is 94.2 cm³/mol. The molecule has 0 radical (unpaired) electrons. The average Bonchev–Trinajstić information content (AvgIpc) is 2.75. The van der Waals surface area contributed by atoms with Crippen LogP contribution in [0.1, 0.15) is 15.9 Å². The van der Waals surface area contributed by atoms with E-state index in [2.05, 4.69) is 5.32 Å². The van der Waals surface area contributed by atoms with Crippen LogP contribution in [0.4, 0.5) is 18.9 Å². The Morgan fingerprint density at radius 1 is 1.04 bits per heavy atom. The number of carbonyl (C=O) groups excluding carboxylic acids is 3. The highest BCUT2D eigenvalue weighted by Crippen LogP contribution is 2.25. The lowest BCUT2D eigenvalue weighted by atomic mass is 10.1. The van der Waals surface area contributed by atoms with E-state index in [-0.39, 0.29) is 17.8 Å². The first-order chi connectivity index (χ1) is 13.3. The molecule has 9 heteroatoms. The van der Waals surface area contributed by atoms with Gasteiger partial charge >= 0.3 is 6.18 Å². The minimum absolute atomic E-state index is 0.120. The Bertz CT molecular complexity index is 900. The van der Waals surface area contributed by atoms with Crippen molar-refractivity contribution < 1.29 is 27.6 Å². The molecule has 0 fully saturated rings. The maximum absolute atomic E-state index is 13.0. The fraction of sp³-hybridized carbons (Fsp3) is 0.211. The summed E-state index contributed by atoms with van der Waals surface area (Å²) in [4.78, 5) is 39.1. The second kappa shape index (κ2) is 7.71. The van der Waals surface area contributed by atoms with Crippen LogP contribution in [0.5, 0.6) is 0 Å². The van der Waals surface area contributed by atoms with Gasteiger partial charge in [0.1, 0.15) is 6.54 Å². The fourth-order valence-electron chi connectivity index (χ4n) is 2.88. The lowest BCUT2D eigenvalue weighted by molar-refractivity contribution is -0.144. The van der Waals surface area contributed by atoms with Gasteiger partial charge in [-0.1, -0.05) is 42.5 Å². The third kappa shape index (κ3) is 4.30. The number of halogens is 3. The summed E-state index contributed by atoms with van der Waals surface area (Å²) in [6, 6.07) is 13.0. The molecule has 1 unspecified atom stereocenters. The minimum Gasteiger partial charge on any atom is -0.345 e. The molecule has 1 aliphatic rings. The standard InChI is InChI=1S/C19H16F3N3O3/c20-19(21,22)11-23-16(26)15-17(27)24-14-9-5-4-8-13(14)18(28)25(15)10-12-6-2-1-3-7-12/h1-9,15H,10-11H2,(H,23,26)(H,24,27). The molecule has 6 nitrogen and oxygen atoms in total. The lowest BCUT2D eigenvalue weighted by Gasteiger charge is -2.28. The van der Waals surface area contributed by atoms with Crippen molar-refractivity contribution in [1.29, 1.82) is 0 Å². The third-order valence-corrected chi connectivity index (χ3v) is 4.14. The molecule has 0 spiro atoms. The molecule has 28 heavy (non-hydrogen) atoms. The number of alkyl halides is 3. The number of anilines is 1. The maximum atomic E-state index is 13.0. The van der Waals surface area contributed by atoms with E-state index in [1.165, 1.54) is 12.1 Å². The first-order valence-corrected chi connectivity index (χ1v) is 8.35. The van der Waals surface area contributed by atoms with Crippen molar-refractivity contribution in [2.24, 2.45) is 0 Å². The smallest absolute Gasteiger partial charge is 0.345 e. The number of para-hydroxylation sites is 1. The number of benzene rings is 2. The highest BCUT2D eigenvalue weighted by atomic mass is 19.4. The Labute approximate surface area is 158 Å². The summed E-state index contributed by atoms with van der Waals surface area (Å²) in [5.74, 6) is -2.72. The molecule has 2 aromatic carbocycles. The van der Waals surface area contributed by atoms with E-state index < -0.39 is 36.5 Å². The molecule has 3 amide bonds. The minimum atomic E-state index is -4.64. The third-order valence-electron chi connectivity index (χ3n) is 4.14. The summed E-state index contributed by atoms with van der Waals surface area (Å²) in [5.41, 5.74) is 0.969. The van der Waals surface area contributed by atoms with Gasteiger partial charge in [-0.05, 0) is 17.7 Å². The molecule has 2 N–H and O–H groups in total. The average molecular weight is 391 g/mol. The number of fused-ring (bicyclic) bond motifs is 1. The Morgan fingerprint density at radius 2 is 1.68 bits per heavy atom. The van der Waals surface area contributed by atoms with E-state index in [0.29, 0.717) is 5.56 Å². The van der Waals surface area contributed by atoms with Crippen molar-refractivity contribution in [3.8, 4) is 0 Å². The van der Waals surface area contributed by atoms with Crippen LogP contribution in [-0.4, -0.2) is 41.4 Å². The van der Waals surface area contributed by atoms with Gasteiger partial charge in [-0.25, -0.2) is 0 Å². The molecule has 0 aliphatic carbocycles. The number of hydrogen-bond acceptors (Lipinski definition) is 3. The Hall–Kier alpha value is -3.36. The van der Waals surface area contributed by atoms with Crippen LogP contribution in [0.15, 0.2) is 54.6 Å². The first-order valence-electron chi connectivity index (χ1n) is 8.35. The second-order valence-corrected chi connectivity index (χ2v) is 6.19. The molecule has 0 bridgehead atoms. The van der Waals surface area contributed by atoms with Gasteiger partial charge in [0.05, 0.1) is 11.3 Å². The molecule has 2 aromatic rings. The zero-order valence-electron chi connectivity index (χ0n) is 14.5. The molecular weight excluding hydrogens is 375 g/mol. The quantitative estimate of drug-likeness (QED) is 0.786.